The Morgan fingerprint density at radius 1 is 1.23 bits per heavy atom. The zero-order valence-corrected chi connectivity index (χ0v) is 13.0. The maximum atomic E-state index is 12.8. The van der Waals surface area contributed by atoms with Gasteiger partial charge in [0.2, 0.25) is 0 Å². The van der Waals surface area contributed by atoms with E-state index in [2.05, 4.69) is 19.2 Å². The van der Waals surface area contributed by atoms with E-state index in [9.17, 15) is 14.0 Å². The van der Waals surface area contributed by atoms with Gasteiger partial charge in [0.15, 0.2) is 6.61 Å². The predicted molar refractivity (Wildman–Crippen MR) is 80.8 cm³/mol. The molecular weight excluding hydrogens is 285 g/mol. The molecule has 1 aromatic rings. The van der Waals surface area contributed by atoms with Gasteiger partial charge < -0.3 is 10.1 Å². The van der Waals surface area contributed by atoms with Gasteiger partial charge >= 0.3 is 5.97 Å². The standard InChI is InChI=1S/C17H22FNO3/c1-11-4-3-5-15(12(11)2)19-16(20)10-22-17(21)13-6-8-14(18)9-7-13/h6-9,11-12,15H,3-5,10H2,1-2H3,(H,19,20)/t11-,12+,15-/m0/s1. The van der Waals surface area contributed by atoms with E-state index in [1.165, 1.54) is 30.7 Å². The van der Waals surface area contributed by atoms with Crippen LogP contribution in [0.4, 0.5) is 4.39 Å². The molecule has 1 amide bonds. The molecule has 5 heteroatoms. The topological polar surface area (TPSA) is 55.4 Å². The van der Waals surface area contributed by atoms with Crippen molar-refractivity contribution in [2.24, 2.45) is 11.8 Å². The Morgan fingerprint density at radius 3 is 2.59 bits per heavy atom. The normalized spacial score (nSPS) is 24.6. The molecular formula is C17H22FNO3. The van der Waals surface area contributed by atoms with Gasteiger partial charge in [0.05, 0.1) is 5.56 Å². The first-order valence-corrected chi connectivity index (χ1v) is 7.69. The van der Waals surface area contributed by atoms with Gasteiger partial charge in [-0.1, -0.05) is 26.7 Å². The molecule has 0 spiro atoms. The lowest BCUT2D eigenvalue weighted by atomic mass is 9.78. The molecule has 0 aromatic heterocycles. The Morgan fingerprint density at radius 2 is 1.91 bits per heavy atom. The maximum absolute atomic E-state index is 12.8. The van der Waals surface area contributed by atoms with Gasteiger partial charge in [-0.3, -0.25) is 4.79 Å². The van der Waals surface area contributed by atoms with Crippen LogP contribution in [0.1, 0.15) is 43.5 Å². The lowest BCUT2D eigenvalue weighted by Gasteiger charge is -2.34. The zero-order valence-electron chi connectivity index (χ0n) is 13.0. The molecule has 1 aliphatic carbocycles. The SMILES string of the molecule is C[C@H]1[C@@H](NC(=O)COC(=O)c2ccc(F)cc2)CCC[C@@H]1C. The zero-order chi connectivity index (χ0) is 16.1. The molecule has 0 aliphatic heterocycles. The number of benzene rings is 1. The minimum absolute atomic E-state index is 0.140. The molecule has 0 bridgehead atoms. The van der Waals surface area contributed by atoms with Gasteiger partial charge in [0.1, 0.15) is 5.82 Å². The Labute approximate surface area is 130 Å². The number of nitrogens with one attached hydrogen (secondary N) is 1. The Kier molecular flexibility index (Phi) is 5.52. The highest BCUT2D eigenvalue weighted by atomic mass is 19.1. The average molecular weight is 307 g/mol. The van der Waals surface area contributed by atoms with Crippen molar-refractivity contribution >= 4 is 11.9 Å². The van der Waals surface area contributed by atoms with Crippen LogP contribution in [0.15, 0.2) is 24.3 Å². The lowest BCUT2D eigenvalue weighted by Crippen LogP contribution is -2.45. The number of carbonyl (C=O) groups is 2. The molecule has 0 heterocycles. The summed E-state index contributed by atoms with van der Waals surface area (Å²) < 4.78 is 17.7. The van der Waals surface area contributed by atoms with Gasteiger partial charge in [-0.15, -0.1) is 0 Å². The van der Waals surface area contributed by atoms with Gasteiger partial charge in [-0.05, 0) is 42.5 Å². The highest BCUT2D eigenvalue weighted by Crippen LogP contribution is 2.29. The van der Waals surface area contributed by atoms with E-state index >= 15 is 0 Å². The van der Waals surface area contributed by atoms with E-state index in [0.29, 0.717) is 11.8 Å². The summed E-state index contributed by atoms with van der Waals surface area (Å²) in [5, 5.41) is 2.94. The highest BCUT2D eigenvalue weighted by molar-refractivity contribution is 5.91. The number of carbonyl (C=O) groups excluding carboxylic acids is 2. The van der Waals surface area contributed by atoms with Crippen LogP contribution >= 0.6 is 0 Å². The van der Waals surface area contributed by atoms with E-state index in [1.807, 2.05) is 0 Å². The van der Waals surface area contributed by atoms with E-state index < -0.39 is 11.8 Å². The molecule has 120 valence electrons. The van der Waals surface area contributed by atoms with Crippen LogP contribution < -0.4 is 5.32 Å². The maximum Gasteiger partial charge on any atom is 0.338 e. The fourth-order valence-corrected chi connectivity index (χ4v) is 2.83. The third-order valence-electron chi connectivity index (χ3n) is 4.47. The second kappa shape index (κ2) is 7.38. The number of hydrogen-bond donors (Lipinski definition) is 1. The minimum Gasteiger partial charge on any atom is -0.452 e. The van der Waals surface area contributed by atoms with Gasteiger partial charge in [0.25, 0.3) is 5.91 Å². The molecule has 0 unspecified atom stereocenters. The average Bonchev–Trinajstić information content (AvgIpc) is 2.50. The first-order valence-electron chi connectivity index (χ1n) is 7.69. The number of rotatable bonds is 4. The lowest BCUT2D eigenvalue weighted by molar-refractivity contribution is -0.125. The summed E-state index contributed by atoms with van der Waals surface area (Å²) in [5.41, 5.74) is 0.230. The molecule has 1 aliphatic rings. The molecule has 1 saturated carbocycles. The van der Waals surface area contributed by atoms with Crippen molar-refractivity contribution in [2.75, 3.05) is 6.61 Å². The van der Waals surface area contributed by atoms with Crippen molar-refractivity contribution in [2.45, 2.75) is 39.2 Å². The molecule has 1 N–H and O–H groups in total. The summed E-state index contributed by atoms with van der Waals surface area (Å²) >= 11 is 0. The van der Waals surface area contributed by atoms with Crippen LogP contribution in [-0.4, -0.2) is 24.5 Å². The van der Waals surface area contributed by atoms with Crippen LogP contribution in [0.5, 0.6) is 0 Å². The molecule has 0 saturated heterocycles. The summed E-state index contributed by atoms with van der Waals surface area (Å²) in [6.07, 6.45) is 3.25. The smallest absolute Gasteiger partial charge is 0.338 e. The number of ether oxygens (including phenoxy) is 1. The summed E-state index contributed by atoms with van der Waals surface area (Å²) in [6, 6.07) is 5.17. The van der Waals surface area contributed by atoms with E-state index in [0.717, 1.165) is 12.8 Å². The molecule has 3 atom stereocenters. The van der Waals surface area contributed by atoms with E-state index in [4.69, 9.17) is 4.74 Å². The molecule has 0 radical (unpaired) electrons. The summed E-state index contributed by atoms with van der Waals surface area (Å²) in [7, 11) is 0. The van der Waals surface area contributed by atoms with Gasteiger partial charge in [0, 0.05) is 6.04 Å². The van der Waals surface area contributed by atoms with E-state index in [-0.39, 0.29) is 24.1 Å². The first kappa shape index (κ1) is 16.5. The second-order valence-corrected chi connectivity index (χ2v) is 6.02. The third kappa shape index (κ3) is 4.29. The van der Waals surface area contributed by atoms with Crippen molar-refractivity contribution in [1.29, 1.82) is 0 Å². The predicted octanol–water partition coefficient (Wildman–Crippen LogP) is 2.92. The summed E-state index contributed by atoms with van der Waals surface area (Å²) in [4.78, 5) is 23.6. The van der Waals surface area contributed by atoms with E-state index in [1.54, 1.807) is 0 Å². The van der Waals surface area contributed by atoms with Crippen molar-refractivity contribution < 1.29 is 18.7 Å². The van der Waals surface area contributed by atoms with Crippen molar-refractivity contribution in [3.63, 3.8) is 0 Å². The largest absolute Gasteiger partial charge is 0.452 e. The highest BCUT2D eigenvalue weighted by Gasteiger charge is 2.28. The second-order valence-electron chi connectivity index (χ2n) is 6.02. The minimum atomic E-state index is -0.625. The fourth-order valence-electron chi connectivity index (χ4n) is 2.83. The molecule has 1 fully saturated rings. The van der Waals surface area contributed by atoms with Crippen molar-refractivity contribution in [3.8, 4) is 0 Å². The summed E-state index contributed by atoms with van der Waals surface area (Å²) in [6.45, 7) is 4.02. The molecule has 4 nitrogen and oxygen atoms in total. The van der Waals surface area contributed by atoms with Crippen LogP contribution in [0.25, 0.3) is 0 Å². The molecule has 1 aromatic carbocycles. The van der Waals surface area contributed by atoms with Gasteiger partial charge in [-0.2, -0.15) is 0 Å². The quantitative estimate of drug-likeness (QED) is 0.870. The number of esters is 1. The monoisotopic (exact) mass is 307 g/mol. The Balaban J connectivity index is 1.80. The number of halogens is 1. The number of amides is 1. The fraction of sp³-hybridized carbons (Fsp3) is 0.529. The number of hydrogen-bond acceptors (Lipinski definition) is 3. The van der Waals surface area contributed by atoms with Crippen LogP contribution in [0.3, 0.4) is 0 Å². The van der Waals surface area contributed by atoms with Crippen LogP contribution in [0, 0.1) is 17.7 Å². The Bertz CT molecular complexity index is 529. The first-order chi connectivity index (χ1) is 10.5. The molecule has 2 rings (SSSR count). The van der Waals surface area contributed by atoms with Crippen LogP contribution in [-0.2, 0) is 9.53 Å². The van der Waals surface area contributed by atoms with Crippen molar-refractivity contribution in [1.82, 2.24) is 5.32 Å². The van der Waals surface area contributed by atoms with Crippen molar-refractivity contribution in [3.05, 3.63) is 35.6 Å². The Hall–Kier alpha value is -1.91. The van der Waals surface area contributed by atoms with Gasteiger partial charge in [-0.25, -0.2) is 9.18 Å². The van der Waals surface area contributed by atoms with Crippen LogP contribution in [0.2, 0.25) is 0 Å². The third-order valence-corrected chi connectivity index (χ3v) is 4.47. The summed E-state index contributed by atoms with van der Waals surface area (Å²) in [5.74, 6) is -0.331. The molecule has 22 heavy (non-hydrogen) atoms.